The number of hydrogen-bond donors (Lipinski definition) is 2. The predicted molar refractivity (Wildman–Crippen MR) is 81.9 cm³/mol. The summed E-state index contributed by atoms with van der Waals surface area (Å²) in [5, 5.41) is 12.1. The van der Waals surface area contributed by atoms with Crippen LogP contribution in [0.4, 0.5) is 5.69 Å². The number of hydrogen-bond acceptors (Lipinski definition) is 3. The first-order chi connectivity index (χ1) is 9.04. The van der Waals surface area contributed by atoms with Gasteiger partial charge in [-0.25, -0.2) is 0 Å². The summed E-state index contributed by atoms with van der Waals surface area (Å²) in [5.41, 5.74) is 7.63. The molecule has 0 saturated carbocycles. The van der Waals surface area contributed by atoms with Crippen LogP contribution in [-0.2, 0) is 0 Å². The fraction of sp³-hybridized carbons (Fsp3) is 0.500. The van der Waals surface area contributed by atoms with Crippen LogP contribution in [0.1, 0.15) is 32.3 Å². The second-order valence-electron chi connectivity index (χ2n) is 5.30. The Bertz CT molecular complexity index is 490. The minimum atomic E-state index is 0.146. The van der Waals surface area contributed by atoms with Crippen molar-refractivity contribution in [2.45, 2.75) is 32.7 Å². The molecule has 0 amide bonds. The number of rotatable bonds is 2. The zero-order chi connectivity index (χ0) is 14.0. The van der Waals surface area contributed by atoms with E-state index in [9.17, 15) is 0 Å². The average Bonchev–Trinajstić information content (AvgIpc) is 2.40. The van der Waals surface area contributed by atoms with Crippen molar-refractivity contribution in [2.75, 3.05) is 11.4 Å². The Morgan fingerprint density at radius 1 is 1.42 bits per heavy atom. The number of amidine groups is 1. The maximum Gasteiger partial charge on any atom is 0.173 e. The highest BCUT2D eigenvalue weighted by Crippen LogP contribution is 2.33. The number of halogens is 1. The van der Waals surface area contributed by atoms with Gasteiger partial charge < -0.3 is 15.8 Å². The van der Waals surface area contributed by atoms with Gasteiger partial charge in [0.15, 0.2) is 5.84 Å². The quantitative estimate of drug-likeness (QED) is 0.380. The molecule has 1 aliphatic heterocycles. The molecule has 2 atom stereocenters. The molecular weight excluding hydrogens is 306 g/mol. The van der Waals surface area contributed by atoms with Gasteiger partial charge in [0.25, 0.3) is 0 Å². The van der Waals surface area contributed by atoms with Crippen LogP contribution in [0.3, 0.4) is 0 Å². The van der Waals surface area contributed by atoms with Gasteiger partial charge in [-0.2, -0.15) is 0 Å². The van der Waals surface area contributed by atoms with Crippen molar-refractivity contribution in [2.24, 2.45) is 16.8 Å². The molecule has 1 aliphatic rings. The summed E-state index contributed by atoms with van der Waals surface area (Å²) in [6.45, 7) is 5.49. The molecular formula is C14H20BrN3O. The van der Waals surface area contributed by atoms with E-state index in [0.29, 0.717) is 12.0 Å². The first-order valence-corrected chi connectivity index (χ1v) is 7.37. The Balaban J connectivity index is 2.46. The van der Waals surface area contributed by atoms with Crippen molar-refractivity contribution in [1.82, 2.24) is 0 Å². The highest BCUT2D eigenvalue weighted by atomic mass is 79.9. The topological polar surface area (TPSA) is 61.8 Å². The van der Waals surface area contributed by atoms with Crippen LogP contribution in [-0.4, -0.2) is 23.6 Å². The van der Waals surface area contributed by atoms with E-state index >= 15 is 0 Å². The van der Waals surface area contributed by atoms with Crippen LogP contribution in [0.15, 0.2) is 27.8 Å². The van der Waals surface area contributed by atoms with Crippen molar-refractivity contribution >= 4 is 27.5 Å². The van der Waals surface area contributed by atoms with Crippen LogP contribution in [0.25, 0.3) is 0 Å². The van der Waals surface area contributed by atoms with Gasteiger partial charge in [0.2, 0.25) is 0 Å². The molecule has 2 unspecified atom stereocenters. The van der Waals surface area contributed by atoms with Crippen LogP contribution in [0.5, 0.6) is 0 Å². The van der Waals surface area contributed by atoms with E-state index in [1.807, 2.05) is 18.2 Å². The Morgan fingerprint density at radius 3 is 2.84 bits per heavy atom. The van der Waals surface area contributed by atoms with Crippen molar-refractivity contribution in [3.63, 3.8) is 0 Å². The van der Waals surface area contributed by atoms with E-state index in [0.717, 1.165) is 22.3 Å². The number of nitrogens with zero attached hydrogens (tertiary/aromatic N) is 2. The smallest absolute Gasteiger partial charge is 0.173 e. The molecule has 0 aromatic heterocycles. The van der Waals surface area contributed by atoms with Crippen molar-refractivity contribution in [3.05, 3.63) is 28.2 Å². The van der Waals surface area contributed by atoms with Gasteiger partial charge in [-0.05, 0) is 53.7 Å². The standard InChI is InChI=1S/C14H20BrN3O/c1-9-6-7-10(2)18(8-9)12-5-3-4-11(15)13(12)14(16)17-19/h3-5,9-10,19H,6-8H2,1-2H3,(H2,16,17). The lowest BCUT2D eigenvalue weighted by Crippen LogP contribution is -2.42. The number of nitrogens with two attached hydrogens (primary N) is 1. The Morgan fingerprint density at radius 2 is 2.16 bits per heavy atom. The summed E-state index contributed by atoms with van der Waals surface area (Å²) in [7, 11) is 0. The molecule has 0 aliphatic carbocycles. The van der Waals surface area contributed by atoms with Gasteiger partial charge in [0.1, 0.15) is 0 Å². The van der Waals surface area contributed by atoms with E-state index in [-0.39, 0.29) is 5.84 Å². The molecule has 0 radical (unpaired) electrons. The van der Waals surface area contributed by atoms with E-state index < -0.39 is 0 Å². The maximum atomic E-state index is 8.98. The van der Waals surface area contributed by atoms with Gasteiger partial charge in [-0.1, -0.05) is 18.1 Å². The molecule has 1 saturated heterocycles. The molecule has 5 heteroatoms. The van der Waals surface area contributed by atoms with E-state index in [2.05, 4.69) is 39.8 Å². The lowest BCUT2D eigenvalue weighted by atomic mass is 9.93. The van der Waals surface area contributed by atoms with Crippen LogP contribution < -0.4 is 10.6 Å². The lowest BCUT2D eigenvalue weighted by molar-refractivity contribution is 0.318. The van der Waals surface area contributed by atoms with Gasteiger partial charge in [-0.15, -0.1) is 0 Å². The average molecular weight is 326 g/mol. The van der Waals surface area contributed by atoms with Gasteiger partial charge in [0.05, 0.1) is 5.56 Å². The summed E-state index contributed by atoms with van der Waals surface area (Å²) in [6, 6.07) is 6.40. The summed E-state index contributed by atoms with van der Waals surface area (Å²) in [4.78, 5) is 2.35. The molecule has 1 heterocycles. The summed E-state index contributed by atoms with van der Waals surface area (Å²) in [5.74, 6) is 0.809. The lowest BCUT2D eigenvalue weighted by Gasteiger charge is -2.39. The highest BCUT2D eigenvalue weighted by Gasteiger charge is 2.26. The second-order valence-corrected chi connectivity index (χ2v) is 6.16. The van der Waals surface area contributed by atoms with E-state index in [1.54, 1.807) is 0 Å². The fourth-order valence-corrected chi connectivity index (χ4v) is 3.24. The van der Waals surface area contributed by atoms with Crippen molar-refractivity contribution in [3.8, 4) is 0 Å². The Kier molecular flexibility index (Phi) is 4.34. The summed E-state index contributed by atoms with van der Waals surface area (Å²) >= 11 is 3.49. The molecule has 19 heavy (non-hydrogen) atoms. The summed E-state index contributed by atoms with van der Waals surface area (Å²) < 4.78 is 0.853. The Hall–Kier alpha value is -1.23. The zero-order valence-electron chi connectivity index (χ0n) is 11.3. The molecule has 3 N–H and O–H groups in total. The molecule has 0 bridgehead atoms. The van der Waals surface area contributed by atoms with E-state index in [4.69, 9.17) is 10.9 Å². The molecule has 2 rings (SSSR count). The fourth-order valence-electron chi connectivity index (χ4n) is 2.68. The highest BCUT2D eigenvalue weighted by molar-refractivity contribution is 9.10. The molecule has 4 nitrogen and oxygen atoms in total. The monoisotopic (exact) mass is 325 g/mol. The number of anilines is 1. The van der Waals surface area contributed by atoms with Crippen LogP contribution >= 0.6 is 15.9 Å². The maximum absolute atomic E-state index is 8.98. The minimum Gasteiger partial charge on any atom is -0.409 e. The molecule has 0 spiro atoms. The zero-order valence-corrected chi connectivity index (χ0v) is 12.9. The second kappa shape index (κ2) is 5.82. The number of benzene rings is 1. The number of oxime groups is 1. The third-order valence-corrected chi connectivity index (χ3v) is 4.44. The van der Waals surface area contributed by atoms with Crippen LogP contribution in [0.2, 0.25) is 0 Å². The van der Waals surface area contributed by atoms with E-state index in [1.165, 1.54) is 12.8 Å². The largest absolute Gasteiger partial charge is 0.409 e. The van der Waals surface area contributed by atoms with Gasteiger partial charge in [0, 0.05) is 22.7 Å². The summed E-state index contributed by atoms with van der Waals surface area (Å²) in [6.07, 6.45) is 2.42. The number of piperidine rings is 1. The molecule has 104 valence electrons. The normalized spacial score (nSPS) is 24.6. The third kappa shape index (κ3) is 2.86. The third-order valence-electron chi connectivity index (χ3n) is 3.78. The molecule has 1 fully saturated rings. The van der Waals surface area contributed by atoms with Crippen LogP contribution in [0, 0.1) is 5.92 Å². The molecule has 1 aromatic rings. The van der Waals surface area contributed by atoms with Gasteiger partial charge in [-0.3, -0.25) is 0 Å². The van der Waals surface area contributed by atoms with Gasteiger partial charge >= 0.3 is 0 Å². The minimum absolute atomic E-state index is 0.146. The Labute approximate surface area is 122 Å². The predicted octanol–water partition coefficient (Wildman–Crippen LogP) is 3.17. The van der Waals surface area contributed by atoms with Crippen molar-refractivity contribution < 1.29 is 5.21 Å². The van der Waals surface area contributed by atoms with Crippen molar-refractivity contribution in [1.29, 1.82) is 0 Å². The SMILES string of the molecule is CC1CCC(C)N(c2cccc(Br)c2/C(N)=N/O)C1. The first-order valence-electron chi connectivity index (χ1n) is 6.57. The molecule has 1 aromatic carbocycles. The first kappa shape index (κ1) is 14.2.